The molecule has 0 amide bonds. The van der Waals surface area contributed by atoms with E-state index in [2.05, 4.69) is 25.3 Å². The molecule has 0 spiro atoms. The Bertz CT molecular complexity index is 1420. The summed E-state index contributed by atoms with van der Waals surface area (Å²) in [6.45, 7) is 0. The first kappa shape index (κ1) is 25.4. The number of para-hydroxylation sites is 1. The van der Waals surface area contributed by atoms with Crippen molar-refractivity contribution in [3.8, 4) is 5.75 Å². The fourth-order valence-corrected chi connectivity index (χ4v) is 5.31. The van der Waals surface area contributed by atoms with Crippen molar-refractivity contribution in [2.45, 2.75) is 0 Å². The fraction of sp³-hybridized carbons (Fsp3) is 0. The van der Waals surface area contributed by atoms with Gasteiger partial charge in [-0.1, -0.05) is 29.1 Å². The van der Waals surface area contributed by atoms with Crippen LogP contribution in [0.2, 0.25) is 0 Å². The Morgan fingerprint density at radius 2 is 1.22 bits per heavy atom. The van der Waals surface area contributed by atoms with Crippen LogP contribution in [0.5, 0.6) is 5.75 Å². The summed E-state index contributed by atoms with van der Waals surface area (Å²) in [5, 5.41) is 8.29. The van der Waals surface area contributed by atoms with Gasteiger partial charge in [-0.15, -0.1) is 5.10 Å². The summed E-state index contributed by atoms with van der Waals surface area (Å²) in [7, 11) is -12.2. The number of fused-ring (bicyclic) bond motifs is 1. The molecule has 0 N–H and O–H groups in total. The first-order chi connectivity index (χ1) is 16.8. The molecule has 0 saturated heterocycles. The first-order valence-electron chi connectivity index (χ1n) is 10.1. The maximum absolute atomic E-state index is 10.7. The van der Waals surface area contributed by atoms with Crippen molar-refractivity contribution < 1.29 is 30.0 Å². The van der Waals surface area contributed by atoms with E-state index in [1.807, 2.05) is 72.8 Å². The molecular weight excluding hydrogens is 528 g/mol. The number of benzene rings is 1. The number of hydrogen-bond acceptors (Lipinski definition) is 6. The Hall–Kier alpha value is -3.69. The summed E-state index contributed by atoms with van der Waals surface area (Å²) in [5.74, 6) is 0.605. The third-order valence-electron chi connectivity index (χ3n) is 4.36. The summed E-state index contributed by atoms with van der Waals surface area (Å²) >= 11 is 0. The van der Waals surface area contributed by atoms with E-state index in [4.69, 9.17) is 4.84 Å². The molecule has 0 atom stereocenters. The van der Waals surface area contributed by atoms with Gasteiger partial charge in [-0.2, -0.15) is 0 Å². The molecule has 188 valence electrons. The molecule has 5 aromatic rings. The van der Waals surface area contributed by atoms with Crippen LogP contribution < -0.4 is 21.1 Å². The zero-order chi connectivity index (χ0) is 25.9. The summed E-state index contributed by atoms with van der Waals surface area (Å²) in [6.07, 6.45) is 5.34. The van der Waals surface area contributed by atoms with Crippen LogP contribution in [-0.2, 0) is 0 Å². The van der Waals surface area contributed by atoms with Crippen molar-refractivity contribution in [1.82, 2.24) is 30.1 Å². The number of aromatic nitrogens is 6. The van der Waals surface area contributed by atoms with Crippen molar-refractivity contribution in [1.29, 1.82) is 0 Å². The van der Waals surface area contributed by atoms with Gasteiger partial charge in [-0.3, -0.25) is 0 Å². The SMILES string of the molecule is F[P-](F)(F)(F)(F)F.c1ccc([PH+](c2ccccn2)c2ncccc2On2nnc3ccccc32)nc1. The van der Waals surface area contributed by atoms with E-state index in [0.717, 1.165) is 27.3 Å². The second-order valence-corrected chi connectivity index (χ2v) is 11.3. The Labute approximate surface area is 200 Å². The van der Waals surface area contributed by atoms with Crippen molar-refractivity contribution in [2.24, 2.45) is 0 Å². The molecule has 0 bridgehead atoms. The largest absolute Gasteiger partial charge is 0.350 e. The predicted octanol–water partition coefficient (Wildman–Crippen LogP) is 5.33. The molecule has 4 aromatic heterocycles. The van der Waals surface area contributed by atoms with Gasteiger partial charge in [0.05, 0.1) is 0 Å². The van der Waals surface area contributed by atoms with Gasteiger partial charge in [0, 0.05) is 30.7 Å². The molecule has 0 aliphatic heterocycles. The van der Waals surface area contributed by atoms with Gasteiger partial charge >= 0.3 is 33.0 Å². The predicted molar refractivity (Wildman–Crippen MR) is 127 cm³/mol. The van der Waals surface area contributed by atoms with Crippen LogP contribution in [0.3, 0.4) is 0 Å². The Kier molecular flexibility index (Phi) is 6.40. The zero-order valence-corrected chi connectivity index (χ0v) is 19.9. The minimum absolute atomic E-state index is 0.605. The van der Waals surface area contributed by atoms with E-state index in [-0.39, 0.29) is 0 Å². The van der Waals surface area contributed by atoms with Crippen LogP contribution in [0.4, 0.5) is 25.2 Å². The second kappa shape index (κ2) is 9.07. The van der Waals surface area contributed by atoms with Gasteiger partial charge in [0.25, 0.3) is 0 Å². The molecule has 15 heteroatoms. The molecule has 0 aliphatic carbocycles. The average Bonchev–Trinajstić information content (AvgIpc) is 3.23. The van der Waals surface area contributed by atoms with E-state index >= 15 is 0 Å². The molecule has 4 heterocycles. The van der Waals surface area contributed by atoms with E-state index in [0.29, 0.717) is 5.75 Å². The fourth-order valence-electron chi connectivity index (χ4n) is 3.06. The molecule has 0 unspecified atom stereocenters. The third-order valence-corrected chi connectivity index (χ3v) is 6.82. The molecule has 1 aromatic carbocycles. The number of rotatable bonds is 5. The normalized spacial score (nSPS) is 13.4. The van der Waals surface area contributed by atoms with Gasteiger partial charge < -0.3 is 4.84 Å². The van der Waals surface area contributed by atoms with E-state index in [9.17, 15) is 25.2 Å². The Balaban J connectivity index is 0.000000384. The van der Waals surface area contributed by atoms with E-state index < -0.39 is 15.7 Å². The van der Waals surface area contributed by atoms with Crippen LogP contribution in [0.15, 0.2) is 91.4 Å². The van der Waals surface area contributed by atoms with Gasteiger partial charge in [0.2, 0.25) is 11.2 Å². The molecule has 0 saturated carbocycles. The number of hydrogen-bond donors (Lipinski definition) is 0. The van der Waals surface area contributed by atoms with Crippen LogP contribution in [0.25, 0.3) is 11.0 Å². The minimum atomic E-state index is -10.7. The van der Waals surface area contributed by atoms with Crippen molar-refractivity contribution in [2.75, 3.05) is 0 Å². The number of halogens is 6. The summed E-state index contributed by atoms with van der Waals surface area (Å²) in [5.41, 5.74) is 4.21. The van der Waals surface area contributed by atoms with Crippen LogP contribution in [0.1, 0.15) is 0 Å². The van der Waals surface area contributed by atoms with Crippen LogP contribution >= 0.6 is 15.7 Å². The zero-order valence-electron chi connectivity index (χ0n) is 18.0. The van der Waals surface area contributed by atoms with Crippen molar-refractivity contribution in [3.05, 3.63) is 91.4 Å². The third kappa shape index (κ3) is 7.40. The number of nitrogens with zero attached hydrogens (tertiary/aromatic N) is 6. The quantitative estimate of drug-likeness (QED) is 0.220. The smallest absolute Gasteiger partial charge is 0.239 e. The monoisotopic (exact) mass is 544 g/mol. The standard InChI is InChI=1S/C21H15N6OP.F6P/c1-2-9-17-16(8-1)25-26-27(17)28-18-10-7-15-24-21(18)29(19-11-3-5-13-22-19)20-12-4-6-14-23-20;1-7(2,3,4,5)6/h1-15H;/q;-1/p+1. The topological polar surface area (TPSA) is 78.6 Å². The molecule has 36 heavy (non-hydrogen) atoms. The Morgan fingerprint density at radius 3 is 1.81 bits per heavy atom. The molecule has 0 radical (unpaired) electrons. The minimum Gasteiger partial charge on any atom is -0.350 e. The van der Waals surface area contributed by atoms with E-state index in [1.165, 1.54) is 4.85 Å². The van der Waals surface area contributed by atoms with Gasteiger partial charge in [0.1, 0.15) is 11.0 Å². The van der Waals surface area contributed by atoms with Crippen LogP contribution in [0, 0.1) is 0 Å². The van der Waals surface area contributed by atoms with Gasteiger partial charge in [-0.05, 0) is 41.6 Å². The molecule has 7 nitrogen and oxygen atoms in total. The van der Waals surface area contributed by atoms with Crippen molar-refractivity contribution >= 4 is 43.1 Å². The van der Waals surface area contributed by atoms with Crippen LogP contribution in [-0.4, -0.2) is 30.1 Å². The molecule has 0 fully saturated rings. The summed E-state index contributed by atoms with van der Waals surface area (Å²) < 4.78 is 59.2. The van der Waals surface area contributed by atoms with Gasteiger partial charge in [0.15, 0.2) is 18.8 Å². The Morgan fingerprint density at radius 1 is 0.667 bits per heavy atom. The molecular formula is C21H16F6N6OP2. The molecule has 0 aliphatic rings. The van der Waals surface area contributed by atoms with Crippen molar-refractivity contribution in [3.63, 3.8) is 0 Å². The average molecular weight is 544 g/mol. The summed E-state index contributed by atoms with van der Waals surface area (Å²) in [6, 6.07) is 23.1. The second-order valence-electron chi connectivity index (χ2n) is 7.16. The maximum Gasteiger partial charge on any atom is 0.239 e. The van der Waals surface area contributed by atoms with Gasteiger partial charge in [-0.25, -0.2) is 15.0 Å². The first-order valence-corrected chi connectivity index (χ1v) is 13.6. The maximum atomic E-state index is 9.87. The molecule has 5 rings (SSSR count). The summed E-state index contributed by atoms with van der Waals surface area (Å²) in [4.78, 5) is 21.4. The van der Waals surface area contributed by atoms with E-state index in [1.54, 1.807) is 18.6 Å². The number of pyridine rings is 3.